The van der Waals surface area contributed by atoms with Crippen molar-refractivity contribution < 1.29 is 4.55 Å². The highest BCUT2D eigenvalue weighted by atomic mass is 32.2. The molecule has 0 aromatic carbocycles. The second-order valence-corrected chi connectivity index (χ2v) is 3.76. The van der Waals surface area contributed by atoms with Gasteiger partial charge in [-0.25, -0.2) is 0 Å². The van der Waals surface area contributed by atoms with Crippen LogP contribution in [0, 0.1) is 0 Å². The lowest BCUT2D eigenvalue weighted by molar-refractivity contribution is 0.435. The standard InChI is InChI=1S/C5H11NOS/c1-6-4-2-3-5-8(6)7/h2-5H2,1H3. The van der Waals surface area contributed by atoms with E-state index in [4.69, 9.17) is 0 Å². The van der Waals surface area contributed by atoms with Crippen molar-refractivity contribution >= 4 is 11.4 Å². The second kappa shape index (κ2) is 2.71. The summed E-state index contributed by atoms with van der Waals surface area (Å²) in [7, 11) is 1.91. The third kappa shape index (κ3) is 1.37. The van der Waals surface area contributed by atoms with Crippen molar-refractivity contribution in [2.75, 3.05) is 19.3 Å². The lowest BCUT2D eigenvalue weighted by atomic mass is 10.3. The molecule has 0 N–H and O–H groups in total. The predicted molar refractivity (Wildman–Crippen MR) is 34.9 cm³/mol. The maximum atomic E-state index is 10.8. The Balaban J connectivity index is 2.28. The highest BCUT2D eigenvalue weighted by Gasteiger charge is 2.18. The van der Waals surface area contributed by atoms with Gasteiger partial charge in [-0.15, -0.1) is 4.31 Å². The third-order valence-corrected chi connectivity index (χ3v) is 2.91. The zero-order chi connectivity index (χ0) is 5.98. The van der Waals surface area contributed by atoms with Gasteiger partial charge in [-0.2, -0.15) is 0 Å². The molecule has 1 aliphatic rings. The summed E-state index contributed by atoms with van der Waals surface area (Å²) in [4.78, 5) is 0. The van der Waals surface area contributed by atoms with Crippen molar-refractivity contribution in [1.82, 2.24) is 4.31 Å². The molecule has 1 unspecified atom stereocenters. The Labute approximate surface area is 53.2 Å². The van der Waals surface area contributed by atoms with Crippen LogP contribution in [0.1, 0.15) is 12.8 Å². The minimum absolute atomic E-state index is 0.652. The molecule has 3 heteroatoms. The summed E-state index contributed by atoms with van der Waals surface area (Å²) < 4.78 is 12.7. The molecule has 0 amide bonds. The molecule has 1 saturated heterocycles. The maximum absolute atomic E-state index is 10.8. The first-order valence-electron chi connectivity index (χ1n) is 2.90. The van der Waals surface area contributed by atoms with Gasteiger partial charge in [-0.3, -0.25) is 0 Å². The predicted octanol–water partition coefficient (Wildman–Crippen LogP) is 0.376. The zero-order valence-corrected chi connectivity index (χ0v) is 5.91. The van der Waals surface area contributed by atoms with Gasteiger partial charge < -0.3 is 4.55 Å². The molecule has 48 valence electrons. The van der Waals surface area contributed by atoms with Crippen molar-refractivity contribution in [2.45, 2.75) is 12.8 Å². The van der Waals surface area contributed by atoms with E-state index in [-0.39, 0.29) is 0 Å². The van der Waals surface area contributed by atoms with E-state index >= 15 is 0 Å². The van der Waals surface area contributed by atoms with Crippen LogP contribution in [0.4, 0.5) is 0 Å². The van der Waals surface area contributed by atoms with E-state index in [9.17, 15) is 4.55 Å². The fourth-order valence-electron chi connectivity index (χ4n) is 0.818. The molecule has 0 aliphatic carbocycles. The molecule has 0 aromatic heterocycles. The Kier molecular flexibility index (Phi) is 2.16. The van der Waals surface area contributed by atoms with Crippen molar-refractivity contribution in [3.8, 4) is 0 Å². The SMILES string of the molecule is CN1CCCC[S+]1[O-]. The van der Waals surface area contributed by atoms with Gasteiger partial charge in [0.2, 0.25) is 0 Å². The molecule has 1 heterocycles. The molecular formula is C5H11NOS. The van der Waals surface area contributed by atoms with E-state index in [0.29, 0.717) is 0 Å². The first kappa shape index (κ1) is 6.39. The summed E-state index contributed by atoms with van der Waals surface area (Å²) in [6, 6.07) is 0. The van der Waals surface area contributed by atoms with Gasteiger partial charge in [0.1, 0.15) is 5.75 Å². The summed E-state index contributed by atoms with van der Waals surface area (Å²) in [5.41, 5.74) is 0. The number of hydrogen-bond acceptors (Lipinski definition) is 2. The molecule has 1 rings (SSSR count). The quantitative estimate of drug-likeness (QED) is 0.446. The molecule has 2 nitrogen and oxygen atoms in total. The van der Waals surface area contributed by atoms with Crippen LogP contribution in [0.5, 0.6) is 0 Å². The lowest BCUT2D eigenvalue weighted by Crippen LogP contribution is -2.34. The average molecular weight is 133 g/mol. The van der Waals surface area contributed by atoms with Crippen molar-refractivity contribution in [3.63, 3.8) is 0 Å². The van der Waals surface area contributed by atoms with Gasteiger partial charge in [-0.05, 0) is 12.8 Å². The summed E-state index contributed by atoms with van der Waals surface area (Å²) >= 11 is -0.652. The molecule has 0 aromatic rings. The van der Waals surface area contributed by atoms with E-state index < -0.39 is 11.4 Å². The minimum atomic E-state index is -0.652. The van der Waals surface area contributed by atoms with E-state index in [2.05, 4.69) is 0 Å². The van der Waals surface area contributed by atoms with E-state index in [1.807, 2.05) is 11.4 Å². The summed E-state index contributed by atoms with van der Waals surface area (Å²) in [6.45, 7) is 1.01. The first-order valence-corrected chi connectivity index (χ1v) is 4.18. The second-order valence-electron chi connectivity index (χ2n) is 2.08. The molecule has 1 aliphatic heterocycles. The van der Waals surface area contributed by atoms with Gasteiger partial charge in [0.15, 0.2) is 0 Å². The normalized spacial score (nSPS) is 33.0. The molecule has 8 heavy (non-hydrogen) atoms. The third-order valence-electron chi connectivity index (χ3n) is 1.39. The highest BCUT2D eigenvalue weighted by molar-refractivity contribution is 7.89. The summed E-state index contributed by atoms with van der Waals surface area (Å²) in [6.07, 6.45) is 2.35. The zero-order valence-electron chi connectivity index (χ0n) is 5.09. The van der Waals surface area contributed by atoms with Crippen LogP contribution in [0.25, 0.3) is 0 Å². The van der Waals surface area contributed by atoms with Crippen LogP contribution in [-0.4, -0.2) is 28.2 Å². The summed E-state index contributed by atoms with van der Waals surface area (Å²) in [5, 5.41) is 0. The van der Waals surface area contributed by atoms with E-state index in [1.54, 1.807) is 0 Å². The largest absolute Gasteiger partial charge is 0.598 e. The number of rotatable bonds is 0. The van der Waals surface area contributed by atoms with Crippen molar-refractivity contribution in [1.29, 1.82) is 0 Å². The van der Waals surface area contributed by atoms with Gasteiger partial charge >= 0.3 is 0 Å². The molecular weight excluding hydrogens is 122 g/mol. The maximum Gasteiger partial charge on any atom is 0.125 e. The molecule has 0 saturated carbocycles. The number of hydrogen-bond donors (Lipinski definition) is 0. The molecule has 0 bridgehead atoms. The fourth-order valence-corrected chi connectivity index (χ4v) is 1.91. The van der Waals surface area contributed by atoms with Gasteiger partial charge in [0.05, 0.1) is 0 Å². The molecule has 0 radical (unpaired) electrons. The van der Waals surface area contributed by atoms with Crippen LogP contribution < -0.4 is 0 Å². The first-order chi connectivity index (χ1) is 3.80. The topological polar surface area (TPSA) is 26.3 Å². The van der Waals surface area contributed by atoms with Crippen LogP contribution in [0.2, 0.25) is 0 Å². The highest BCUT2D eigenvalue weighted by Crippen LogP contribution is 2.09. The molecule has 1 fully saturated rings. The minimum Gasteiger partial charge on any atom is -0.598 e. The van der Waals surface area contributed by atoms with Crippen molar-refractivity contribution in [2.24, 2.45) is 0 Å². The Morgan fingerprint density at radius 2 is 2.25 bits per heavy atom. The van der Waals surface area contributed by atoms with Gasteiger partial charge in [0, 0.05) is 25.0 Å². The Morgan fingerprint density at radius 3 is 2.62 bits per heavy atom. The van der Waals surface area contributed by atoms with Crippen LogP contribution in [-0.2, 0) is 11.4 Å². The fraction of sp³-hybridized carbons (Fsp3) is 1.00. The van der Waals surface area contributed by atoms with Crippen LogP contribution >= 0.6 is 0 Å². The Bertz CT molecular complexity index is 68.8. The smallest absolute Gasteiger partial charge is 0.125 e. The van der Waals surface area contributed by atoms with E-state index in [0.717, 1.165) is 18.7 Å². The Morgan fingerprint density at radius 1 is 1.50 bits per heavy atom. The van der Waals surface area contributed by atoms with Gasteiger partial charge in [0.25, 0.3) is 0 Å². The van der Waals surface area contributed by atoms with Crippen LogP contribution in [0.15, 0.2) is 0 Å². The van der Waals surface area contributed by atoms with Crippen molar-refractivity contribution in [3.05, 3.63) is 0 Å². The van der Waals surface area contributed by atoms with E-state index in [1.165, 1.54) is 6.42 Å². The average Bonchev–Trinajstić information content (AvgIpc) is 1.77. The van der Waals surface area contributed by atoms with Gasteiger partial charge in [-0.1, -0.05) is 0 Å². The number of nitrogens with zero attached hydrogens (tertiary/aromatic N) is 1. The lowest BCUT2D eigenvalue weighted by Gasteiger charge is -2.24. The summed E-state index contributed by atoms with van der Waals surface area (Å²) in [5.74, 6) is 0.872. The Hall–Kier alpha value is 0.270. The van der Waals surface area contributed by atoms with Crippen LogP contribution in [0.3, 0.4) is 0 Å². The monoisotopic (exact) mass is 133 g/mol. The molecule has 1 atom stereocenters. The molecule has 0 spiro atoms.